The molecule has 0 bridgehead atoms. The van der Waals surface area contributed by atoms with E-state index in [-0.39, 0.29) is 0 Å². The van der Waals surface area contributed by atoms with Gasteiger partial charge in [0.2, 0.25) is 0 Å². The molecule has 2 rings (SSSR count). The lowest BCUT2D eigenvalue weighted by Crippen LogP contribution is -2.34. The smallest absolute Gasteiger partial charge is 0.323 e. The van der Waals surface area contributed by atoms with E-state index >= 15 is 0 Å². The lowest BCUT2D eigenvalue weighted by atomic mass is 10.2. The van der Waals surface area contributed by atoms with Gasteiger partial charge in [-0.05, 0) is 17.7 Å². The van der Waals surface area contributed by atoms with Crippen molar-refractivity contribution in [3.63, 3.8) is 0 Å². The molecule has 0 aliphatic rings. The molecule has 0 spiro atoms. The number of imidazole rings is 1. The third-order valence-electron chi connectivity index (χ3n) is 2.97. The molecule has 1 aromatic heterocycles. The Balaban J connectivity index is 2.08. The zero-order valence-electron chi connectivity index (χ0n) is 11.1. The van der Waals surface area contributed by atoms with Gasteiger partial charge in [0.1, 0.15) is 11.9 Å². The number of hydrogen-bond donors (Lipinski definition) is 1. The number of hydrogen-bond acceptors (Lipinski definition) is 4. The van der Waals surface area contributed by atoms with Crippen LogP contribution in [0.15, 0.2) is 36.7 Å². The summed E-state index contributed by atoms with van der Waals surface area (Å²) in [6.45, 7) is 0.653. The first-order chi connectivity index (χ1) is 9.60. The third-order valence-corrected chi connectivity index (χ3v) is 3.23. The third kappa shape index (κ3) is 3.59. The van der Waals surface area contributed by atoms with E-state index in [0.29, 0.717) is 18.0 Å². The number of aromatic nitrogens is 2. The van der Waals surface area contributed by atoms with E-state index in [1.165, 1.54) is 7.11 Å². The molecule has 0 fully saturated rings. The molecule has 2 N–H and O–H groups in total. The molecule has 20 heavy (non-hydrogen) atoms. The molecule has 0 amide bonds. The van der Waals surface area contributed by atoms with Crippen molar-refractivity contribution < 1.29 is 9.53 Å². The molecule has 0 saturated carbocycles. The van der Waals surface area contributed by atoms with Crippen LogP contribution in [0, 0.1) is 0 Å². The van der Waals surface area contributed by atoms with Crippen LogP contribution in [0.3, 0.4) is 0 Å². The number of carbonyl (C=O) groups is 1. The zero-order valence-corrected chi connectivity index (χ0v) is 11.9. The average Bonchev–Trinajstić information content (AvgIpc) is 2.87. The highest BCUT2D eigenvalue weighted by Gasteiger charge is 2.17. The maximum absolute atomic E-state index is 11.3. The topological polar surface area (TPSA) is 70.1 Å². The summed E-state index contributed by atoms with van der Waals surface area (Å²) in [6.07, 6.45) is 3.89. The first kappa shape index (κ1) is 14.6. The summed E-state index contributed by atoms with van der Waals surface area (Å²) >= 11 is 5.86. The first-order valence-electron chi connectivity index (χ1n) is 6.18. The van der Waals surface area contributed by atoms with Crippen LogP contribution in [0.4, 0.5) is 0 Å². The minimum atomic E-state index is -0.702. The molecule has 0 aliphatic heterocycles. The van der Waals surface area contributed by atoms with Gasteiger partial charge >= 0.3 is 5.97 Å². The Hall–Kier alpha value is -1.85. The Morgan fingerprint density at radius 1 is 1.45 bits per heavy atom. The van der Waals surface area contributed by atoms with Crippen LogP contribution in [0.25, 0.3) is 0 Å². The Bertz CT molecular complexity index is 580. The summed E-state index contributed by atoms with van der Waals surface area (Å²) in [5.41, 5.74) is 6.85. The highest BCUT2D eigenvalue weighted by atomic mass is 35.5. The molecular weight excluding hydrogens is 278 g/mol. The quantitative estimate of drug-likeness (QED) is 0.851. The van der Waals surface area contributed by atoms with Gasteiger partial charge in [0, 0.05) is 30.4 Å². The van der Waals surface area contributed by atoms with Crippen molar-refractivity contribution in [3.8, 4) is 0 Å². The number of halogens is 1. The predicted octanol–water partition coefficient (Wildman–Crippen LogP) is 1.63. The van der Waals surface area contributed by atoms with Gasteiger partial charge in [-0.15, -0.1) is 0 Å². The molecule has 1 atom stereocenters. The molecule has 1 unspecified atom stereocenters. The van der Waals surface area contributed by atoms with Crippen molar-refractivity contribution in [3.05, 3.63) is 53.1 Å². The van der Waals surface area contributed by atoms with E-state index in [1.54, 1.807) is 6.20 Å². The van der Waals surface area contributed by atoms with Crippen molar-refractivity contribution in [1.82, 2.24) is 9.55 Å². The van der Waals surface area contributed by atoms with E-state index in [1.807, 2.05) is 35.0 Å². The number of rotatable bonds is 5. The van der Waals surface area contributed by atoms with Crippen LogP contribution in [-0.4, -0.2) is 28.7 Å². The fraction of sp³-hybridized carbons (Fsp3) is 0.286. The lowest BCUT2D eigenvalue weighted by molar-refractivity contribution is -0.142. The second kappa shape index (κ2) is 6.54. The molecular formula is C14H16ClN3O2. The first-order valence-corrected chi connectivity index (χ1v) is 6.56. The van der Waals surface area contributed by atoms with Crippen LogP contribution in [-0.2, 0) is 22.5 Å². The van der Waals surface area contributed by atoms with Gasteiger partial charge in [0.15, 0.2) is 0 Å². The van der Waals surface area contributed by atoms with Crippen molar-refractivity contribution in [2.75, 3.05) is 7.11 Å². The highest BCUT2D eigenvalue weighted by molar-refractivity contribution is 6.30. The molecule has 0 saturated heterocycles. The number of benzene rings is 1. The standard InChI is InChI=1S/C14H16ClN3O2/c1-20-14(19)12(16)8-13-17-6-7-18(13)9-10-2-4-11(15)5-3-10/h2-7,12H,8-9,16H2,1H3. The number of esters is 1. The van der Waals surface area contributed by atoms with E-state index < -0.39 is 12.0 Å². The van der Waals surface area contributed by atoms with Crippen molar-refractivity contribution in [2.45, 2.75) is 19.0 Å². The molecule has 0 aliphatic carbocycles. The van der Waals surface area contributed by atoms with Crippen molar-refractivity contribution in [2.24, 2.45) is 5.73 Å². The summed E-state index contributed by atoms with van der Waals surface area (Å²) < 4.78 is 6.57. The molecule has 106 valence electrons. The van der Waals surface area contributed by atoms with Gasteiger partial charge in [-0.3, -0.25) is 4.79 Å². The zero-order chi connectivity index (χ0) is 14.5. The Morgan fingerprint density at radius 2 is 2.15 bits per heavy atom. The molecule has 6 heteroatoms. The Morgan fingerprint density at radius 3 is 2.80 bits per heavy atom. The largest absolute Gasteiger partial charge is 0.468 e. The highest BCUT2D eigenvalue weighted by Crippen LogP contribution is 2.12. The van der Waals surface area contributed by atoms with Crippen molar-refractivity contribution in [1.29, 1.82) is 0 Å². The summed E-state index contributed by atoms with van der Waals surface area (Å²) in [5, 5.41) is 0.701. The SMILES string of the molecule is COC(=O)C(N)Cc1nccn1Cc1ccc(Cl)cc1. The van der Waals surface area contributed by atoms with Gasteiger partial charge in [0.25, 0.3) is 0 Å². The fourth-order valence-corrected chi connectivity index (χ4v) is 2.02. The summed E-state index contributed by atoms with van der Waals surface area (Å²) in [6, 6.07) is 6.88. The van der Waals surface area contributed by atoms with Gasteiger partial charge in [-0.25, -0.2) is 4.98 Å². The Labute approximate surface area is 122 Å². The molecule has 1 aromatic carbocycles. The number of nitrogens with two attached hydrogens (primary N) is 1. The minimum Gasteiger partial charge on any atom is -0.468 e. The molecule has 0 radical (unpaired) electrons. The van der Waals surface area contributed by atoms with Gasteiger partial charge in [-0.1, -0.05) is 23.7 Å². The van der Waals surface area contributed by atoms with Gasteiger partial charge < -0.3 is 15.0 Å². The lowest BCUT2D eigenvalue weighted by Gasteiger charge is -2.11. The van der Waals surface area contributed by atoms with Crippen molar-refractivity contribution >= 4 is 17.6 Å². The summed E-state index contributed by atoms with van der Waals surface area (Å²) in [5.74, 6) is 0.309. The number of methoxy groups -OCH3 is 1. The minimum absolute atomic E-state index is 0.341. The van der Waals surface area contributed by atoms with Crippen LogP contribution in [0.1, 0.15) is 11.4 Å². The fourth-order valence-electron chi connectivity index (χ4n) is 1.89. The van der Waals surface area contributed by atoms with E-state index in [2.05, 4.69) is 9.72 Å². The van der Waals surface area contributed by atoms with Crippen LogP contribution in [0.5, 0.6) is 0 Å². The van der Waals surface area contributed by atoms with Gasteiger partial charge in [-0.2, -0.15) is 0 Å². The summed E-state index contributed by atoms with van der Waals surface area (Å²) in [7, 11) is 1.32. The maximum Gasteiger partial charge on any atom is 0.323 e. The van der Waals surface area contributed by atoms with E-state index in [0.717, 1.165) is 11.4 Å². The maximum atomic E-state index is 11.3. The van der Waals surface area contributed by atoms with E-state index in [9.17, 15) is 4.79 Å². The monoisotopic (exact) mass is 293 g/mol. The van der Waals surface area contributed by atoms with Crippen LogP contribution < -0.4 is 5.73 Å². The number of ether oxygens (including phenoxy) is 1. The average molecular weight is 294 g/mol. The van der Waals surface area contributed by atoms with Crippen LogP contribution in [0.2, 0.25) is 5.02 Å². The summed E-state index contributed by atoms with van der Waals surface area (Å²) in [4.78, 5) is 15.6. The Kier molecular flexibility index (Phi) is 4.76. The number of nitrogens with zero attached hydrogens (tertiary/aromatic N) is 2. The predicted molar refractivity (Wildman–Crippen MR) is 76.5 cm³/mol. The second-order valence-corrected chi connectivity index (χ2v) is 4.87. The van der Waals surface area contributed by atoms with Crippen LogP contribution >= 0.6 is 11.6 Å². The molecule has 1 heterocycles. The molecule has 2 aromatic rings. The molecule has 5 nitrogen and oxygen atoms in total. The second-order valence-electron chi connectivity index (χ2n) is 4.43. The number of carbonyl (C=O) groups excluding carboxylic acids is 1. The normalized spacial score (nSPS) is 12.2. The van der Waals surface area contributed by atoms with Gasteiger partial charge in [0.05, 0.1) is 7.11 Å². The van der Waals surface area contributed by atoms with E-state index in [4.69, 9.17) is 17.3 Å².